The summed E-state index contributed by atoms with van der Waals surface area (Å²) in [5.41, 5.74) is 6.92. The molecule has 0 saturated carbocycles. The van der Waals surface area contributed by atoms with Crippen molar-refractivity contribution in [1.82, 2.24) is 0 Å². The number of anilines is 2. The number of benzene rings is 2. The SMILES string of the molecule is CCCC.NC(=O)N(c1ccccc1)c1ccccc1. The standard InChI is InChI=1S/C13H12N2O.C4H10/c14-13(16)15(11-7-3-1-4-8-11)12-9-5-2-6-10-12;1-3-4-2/h1-10H,(H2,14,16);3-4H2,1-2H3. The molecule has 2 N–H and O–H groups in total. The minimum atomic E-state index is -0.489. The Bertz CT molecular complexity index is 455. The van der Waals surface area contributed by atoms with Gasteiger partial charge in [-0.1, -0.05) is 63.1 Å². The zero-order valence-electron chi connectivity index (χ0n) is 12.1. The summed E-state index contributed by atoms with van der Waals surface area (Å²) in [6.07, 6.45) is 2.64. The average molecular weight is 270 g/mol. The average Bonchev–Trinajstić information content (AvgIpc) is 2.49. The van der Waals surface area contributed by atoms with Gasteiger partial charge < -0.3 is 5.73 Å². The Balaban J connectivity index is 0.000000444. The normalized spacial score (nSPS) is 9.30. The first-order valence-electron chi connectivity index (χ1n) is 6.90. The smallest absolute Gasteiger partial charge is 0.323 e. The van der Waals surface area contributed by atoms with E-state index in [-0.39, 0.29) is 0 Å². The maximum absolute atomic E-state index is 11.4. The highest BCUT2D eigenvalue weighted by Gasteiger charge is 2.13. The van der Waals surface area contributed by atoms with Gasteiger partial charge in [-0.3, -0.25) is 4.90 Å². The molecule has 3 nitrogen and oxygen atoms in total. The van der Waals surface area contributed by atoms with Gasteiger partial charge in [-0.25, -0.2) is 4.79 Å². The van der Waals surface area contributed by atoms with E-state index in [4.69, 9.17) is 5.73 Å². The van der Waals surface area contributed by atoms with E-state index in [1.807, 2.05) is 60.7 Å². The number of hydrogen-bond acceptors (Lipinski definition) is 1. The molecule has 0 radical (unpaired) electrons. The van der Waals surface area contributed by atoms with Crippen LogP contribution >= 0.6 is 0 Å². The Morgan fingerprint density at radius 1 is 0.850 bits per heavy atom. The van der Waals surface area contributed by atoms with Crippen LogP contribution in [-0.4, -0.2) is 6.03 Å². The van der Waals surface area contributed by atoms with Crippen molar-refractivity contribution in [2.45, 2.75) is 26.7 Å². The first-order chi connectivity index (χ1) is 9.70. The van der Waals surface area contributed by atoms with Gasteiger partial charge in [0.05, 0.1) is 11.4 Å². The van der Waals surface area contributed by atoms with Crippen LogP contribution in [-0.2, 0) is 0 Å². The first-order valence-corrected chi connectivity index (χ1v) is 6.90. The van der Waals surface area contributed by atoms with E-state index < -0.39 is 6.03 Å². The number of carbonyl (C=O) groups excluding carboxylic acids is 1. The Morgan fingerprint density at radius 3 is 1.45 bits per heavy atom. The second kappa shape index (κ2) is 8.75. The lowest BCUT2D eigenvalue weighted by Gasteiger charge is -2.20. The third-order valence-electron chi connectivity index (χ3n) is 2.75. The molecule has 0 atom stereocenters. The fraction of sp³-hybridized carbons (Fsp3) is 0.235. The highest BCUT2D eigenvalue weighted by molar-refractivity contribution is 5.98. The summed E-state index contributed by atoms with van der Waals surface area (Å²) < 4.78 is 0. The molecule has 2 aromatic carbocycles. The van der Waals surface area contributed by atoms with E-state index >= 15 is 0 Å². The number of nitrogens with zero attached hydrogens (tertiary/aromatic N) is 1. The third kappa shape index (κ3) is 4.76. The fourth-order valence-electron chi connectivity index (χ4n) is 1.56. The van der Waals surface area contributed by atoms with E-state index in [0.717, 1.165) is 11.4 Å². The van der Waals surface area contributed by atoms with Gasteiger partial charge in [0, 0.05) is 0 Å². The molecule has 3 heteroatoms. The molecule has 20 heavy (non-hydrogen) atoms. The molecule has 0 aliphatic heterocycles. The van der Waals surface area contributed by atoms with E-state index in [1.165, 1.54) is 17.7 Å². The molecule has 2 amide bonds. The van der Waals surface area contributed by atoms with E-state index in [0.29, 0.717) is 0 Å². The predicted molar refractivity (Wildman–Crippen MR) is 85.2 cm³/mol. The van der Waals surface area contributed by atoms with Crippen LogP contribution in [0.25, 0.3) is 0 Å². The summed E-state index contributed by atoms with van der Waals surface area (Å²) >= 11 is 0. The molecule has 0 fully saturated rings. The Morgan fingerprint density at radius 2 is 1.20 bits per heavy atom. The second-order valence-corrected chi connectivity index (χ2v) is 4.34. The number of hydrogen-bond donors (Lipinski definition) is 1. The molecule has 0 bridgehead atoms. The van der Waals surface area contributed by atoms with E-state index in [1.54, 1.807) is 0 Å². The number of urea groups is 1. The van der Waals surface area contributed by atoms with Crippen molar-refractivity contribution < 1.29 is 4.79 Å². The van der Waals surface area contributed by atoms with Crippen LogP contribution in [0.1, 0.15) is 26.7 Å². The van der Waals surface area contributed by atoms with E-state index in [2.05, 4.69) is 13.8 Å². The van der Waals surface area contributed by atoms with Crippen molar-refractivity contribution in [3.63, 3.8) is 0 Å². The summed E-state index contributed by atoms with van der Waals surface area (Å²) in [5, 5.41) is 0. The van der Waals surface area contributed by atoms with Gasteiger partial charge in [-0.05, 0) is 24.3 Å². The van der Waals surface area contributed by atoms with Crippen molar-refractivity contribution in [1.29, 1.82) is 0 Å². The monoisotopic (exact) mass is 270 g/mol. The summed E-state index contributed by atoms with van der Waals surface area (Å²) in [5.74, 6) is 0. The Hall–Kier alpha value is -2.29. The minimum Gasteiger partial charge on any atom is -0.351 e. The molecule has 0 aromatic heterocycles. The topological polar surface area (TPSA) is 46.3 Å². The number of carbonyl (C=O) groups is 1. The number of para-hydroxylation sites is 2. The quantitative estimate of drug-likeness (QED) is 0.862. The summed E-state index contributed by atoms with van der Waals surface area (Å²) in [6, 6.07) is 18.2. The Kier molecular flexibility index (Phi) is 6.90. The molecule has 0 aliphatic rings. The van der Waals surface area contributed by atoms with Crippen LogP contribution in [0.4, 0.5) is 16.2 Å². The van der Waals surface area contributed by atoms with Crippen LogP contribution in [0.5, 0.6) is 0 Å². The van der Waals surface area contributed by atoms with Crippen LogP contribution in [0.3, 0.4) is 0 Å². The molecule has 2 aromatic rings. The van der Waals surface area contributed by atoms with Crippen LogP contribution in [0.2, 0.25) is 0 Å². The highest BCUT2D eigenvalue weighted by atomic mass is 16.2. The molecule has 0 unspecified atom stereocenters. The fourth-order valence-corrected chi connectivity index (χ4v) is 1.56. The molecule has 0 saturated heterocycles. The van der Waals surface area contributed by atoms with Crippen LogP contribution in [0, 0.1) is 0 Å². The predicted octanol–water partition coefficient (Wildman–Crippen LogP) is 4.71. The third-order valence-corrected chi connectivity index (χ3v) is 2.75. The number of amides is 2. The number of primary amides is 1. The molecular weight excluding hydrogens is 248 g/mol. The number of nitrogens with two attached hydrogens (primary N) is 1. The second-order valence-electron chi connectivity index (χ2n) is 4.34. The van der Waals surface area contributed by atoms with Gasteiger partial charge >= 0.3 is 6.03 Å². The molecule has 0 aliphatic carbocycles. The maximum atomic E-state index is 11.4. The zero-order chi connectivity index (χ0) is 14.8. The minimum absolute atomic E-state index is 0.489. The number of rotatable bonds is 3. The van der Waals surface area contributed by atoms with Crippen molar-refractivity contribution in [2.75, 3.05) is 4.90 Å². The van der Waals surface area contributed by atoms with E-state index in [9.17, 15) is 4.79 Å². The van der Waals surface area contributed by atoms with Gasteiger partial charge in [0.25, 0.3) is 0 Å². The highest BCUT2D eigenvalue weighted by Crippen LogP contribution is 2.23. The summed E-state index contributed by atoms with van der Waals surface area (Å²) in [7, 11) is 0. The van der Waals surface area contributed by atoms with Gasteiger partial charge in [0.2, 0.25) is 0 Å². The van der Waals surface area contributed by atoms with Gasteiger partial charge in [0.1, 0.15) is 0 Å². The molecule has 0 spiro atoms. The molecule has 2 rings (SSSR count). The lowest BCUT2D eigenvalue weighted by molar-refractivity contribution is 0.256. The van der Waals surface area contributed by atoms with Crippen LogP contribution in [0.15, 0.2) is 60.7 Å². The zero-order valence-corrected chi connectivity index (χ0v) is 12.1. The molecular formula is C17H22N2O. The van der Waals surface area contributed by atoms with Gasteiger partial charge in [-0.2, -0.15) is 0 Å². The number of unbranched alkanes of at least 4 members (excludes halogenated alkanes) is 1. The first kappa shape index (κ1) is 15.8. The lowest BCUT2D eigenvalue weighted by atomic mass is 10.2. The maximum Gasteiger partial charge on any atom is 0.323 e. The summed E-state index contributed by atoms with van der Waals surface area (Å²) in [6.45, 7) is 4.36. The Labute approximate surface area is 121 Å². The summed E-state index contributed by atoms with van der Waals surface area (Å²) in [4.78, 5) is 12.9. The van der Waals surface area contributed by atoms with Crippen molar-refractivity contribution >= 4 is 17.4 Å². The largest absolute Gasteiger partial charge is 0.351 e. The van der Waals surface area contributed by atoms with Crippen molar-refractivity contribution in [2.24, 2.45) is 5.73 Å². The van der Waals surface area contributed by atoms with Crippen molar-refractivity contribution in [3.05, 3.63) is 60.7 Å². The van der Waals surface area contributed by atoms with Crippen LogP contribution < -0.4 is 10.6 Å². The van der Waals surface area contributed by atoms with Crippen molar-refractivity contribution in [3.8, 4) is 0 Å². The van der Waals surface area contributed by atoms with Gasteiger partial charge in [0.15, 0.2) is 0 Å². The molecule has 106 valence electrons. The lowest BCUT2D eigenvalue weighted by Crippen LogP contribution is -2.31. The molecule has 0 heterocycles. The van der Waals surface area contributed by atoms with Gasteiger partial charge in [-0.15, -0.1) is 0 Å².